The molecule has 2 aromatic carbocycles. The molecule has 152 valence electrons. The third kappa shape index (κ3) is 5.21. The summed E-state index contributed by atoms with van der Waals surface area (Å²) < 4.78 is 0.791. The van der Waals surface area contributed by atoms with E-state index in [9.17, 15) is 14.4 Å². The van der Waals surface area contributed by atoms with E-state index in [1.807, 2.05) is 43.3 Å². The number of carbonyl (C=O) groups is 3. The van der Waals surface area contributed by atoms with Crippen molar-refractivity contribution >= 4 is 50.7 Å². The monoisotopic (exact) mass is 458 g/mol. The summed E-state index contributed by atoms with van der Waals surface area (Å²) in [6, 6.07) is 14.3. The lowest BCUT2D eigenvalue weighted by Crippen LogP contribution is -2.45. The van der Waals surface area contributed by atoms with E-state index < -0.39 is 0 Å². The number of nitrogens with one attached hydrogen (secondary N) is 2. The fourth-order valence-electron chi connectivity index (χ4n) is 3.33. The molecule has 0 spiro atoms. The number of hydrogen-bond donors (Lipinski definition) is 2. The molecule has 3 rings (SSSR count). The number of carbonyl (C=O) groups excluding carboxylic acids is 3. The van der Waals surface area contributed by atoms with Gasteiger partial charge in [-0.2, -0.15) is 0 Å². The first-order valence-electron chi connectivity index (χ1n) is 9.29. The van der Waals surface area contributed by atoms with Crippen molar-refractivity contribution in [3.63, 3.8) is 0 Å². The van der Waals surface area contributed by atoms with Crippen molar-refractivity contribution < 1.29 is 14.4 Å². The number of hydrogen-bond acceptors (Lipinski definition) is 4. The van der Waals surface area contributed by atoms with Crippen LogP contribution >= 0.6 is 15.9 Å². The average molecular weight is 459 g/mol. The summed E-state index contributed by atoms with van der Waals surface area (Å²) >= 11 is 3.40. The molecule has 0 radical (unpaired) electrons. The maximum atomic E-state index is 13.0. The van der Waals surface area contributed by atoms with Crippen LogP contribution in [-0.4, -0.2) is 48.8 Å². The molecular formula is C21H23BrN4O3. The van der Waals surface area contributed by atoms with Crippen LogP contribution in [0.1, 0.15) is 13.3 Å². The van der Waals surface area contributed by atoms with Gasteiger partial charge in [0.1, 0.15) is 0 Å². The first-order chi connectivity index (χ1) is 13.8. The van der Waals surface area contributed by atoms with Gasteiger partial charge >= 0.3 is 0 Å². The normalized spacial score (nSPS) is 16.1. The number of halogens is 1. The number of anilines is 3. The smallest absolute Gasteiger partial charge is 0.241 e. The molecule has 1 heterocycles. The molecule has 8 heteroatoms. The Bertz CT molecular complexity index is 934. The maximum absolute atomic E-state index is 13.0. The quantitative estimate of drug-likeness (QED) is 0.720. The van der Waals surface area contributed by atoms with Gasteiger partial charge in [-0.1, -0.05) is 24.3 Å². The molecule has 0 fully saturated rings. The lowest BCUT2D eigenvalue weighted by molar-refractivity contribution is -0.121. The Morgan fingerprint density at radius 3 is 2.62 bits per heavy atom. The molecule has 0 saturated heterocycles. The van der Waals surface area contributed by atoms with Crippen LogP contribution in [0.25, 0.3) is 0 Å². The Balaban J connectivity index is 1.66. The first-order valence-corrected chi connectivity index (χ1v) is 10.1. The molecule has 29 heavy (non-hydrogen) atoms. The van der Waals surface area contributed by atoms with Gasteiger partial charge in [0, 0.05) is 16.9 Å². The minimum absolute atomic E-state index is 0.0518. The van der Waals surface area contributed by atoms with Crippen LogP contribution in [0, 0.1) is 0 Å². The van der Waals surface area contributed by atoms with E-state index in [-0.39, 0.29) is 43.3 Å². The van der Waals surface area contributed by atoms with E-state index in [0.29, 0.717) is 17.1 Å². The van der Waals surface area contributed by atoms with E-state index in [0.717, 1.165) is 4.47 Å². The van der Waals surface area contributed by atoms with Crippen molar-refractivity contribution in [1.29, 1.82) is 0 Å². The fourth-order valence-corrected chi connectivity index (χ4v) is 3.71. The molecule has 7 nitrogen and oxygen atoms in total. The zero-order valence-corrected chi connectivity index (χ0v) is 17.9. The van der Waals surface area contributed by atoms with Gasteiger partial charge in [-0.25, -0.2) is 0 Å². The number of likely N-dealkylation sites (N-methyl/N-ethyl adjacent to an activating group) is 1. The van der Waals surface area contributed by atoms with E-state index in [2.05, 4.69) is 26.6 Å². The molecule has 3 amide bonds. The van der Waals surface area contributed by atoms with Crippen LogP contribution in [0.3, 0.4) is 0 Å². The third-order valence-electron chi connectivity index (χ3n) is 4.59. The minimum atomic E-state index is -0.284. The van der Waals surface area contributed by atoms with E-state index in [1.165, 1.54) is 0 Å². The van der Waals surface area contributed by atoms with Gasteiger partial charge in [0.2, 0.25) is 17.7 Å². The summed E-state index contributed by atoms with van der Waals surface area (Å²) in [6.07, 6.45) is 0.215. The van der Waals surface area contributed by atoms with E-state index >= 15 is 0 Å². The van der Waals surface area contributed by atoms with E-state index in [1.54, 1.807) is 29.0 Å². The van der Waals surface area contributed by atoms with Gasteiger partial charge in [0.15, 0.2) is 0 Å². The van der Waals surface area contributed by atoms with Gasteiger partial charge in [-0.3, -0.25) is 19.3 Å². The molecule has 2 N–H and O–H groups in total. The highest BCUT2D eigenvalue weighted by molar-refractivity contribution is 9.10. The number of para-hydroxylation sites is 3. The van der Waals surface area contributed by atoms with Crippen LogP contribution < -0.4 is 15.5 Å². The van der Waals surface area contributed by atoms with Crippen molar-refractivity contribution in [3.8, 4) is 0 Å². The predicted octanol–water partition coefficient (Wildman–Crippen LogP) is 3.08. The molecular weight excluding hydrogens is 436 g/mol. The summed E-state index contributed by atoms with van der Waals surface area (Å²) in [5.41, 5.74) is 1.96. The van der Waals surface area contributed by atoms with Crippen molar-refractivity contribution in [2.45, 2.75) is 19.4 Å². The Labute approximate surface area is 178 Å². The summed E-state index contributed by atoms with van der Waals surface area (Å²) in [7, 11) is 1.72. The summed E-state index contributed by atoms with van der Waals surface area (Å²) in [5.74, 6) is -0.507. The lowest BCUT2D eigenvalue weighted by Gasteiger charge is -2.29. The van der Waals surface area contributed by atoms with Crippen LogP contribution in [0.15, 0.2) is 53.0 Å². The Hall–Kier alpha value is -2.71. The molecule has 2 aromatic rings. The topological polar surface area (TPSA) is 81.8 Å². The van der Waals surface area contributed by atoms with Crippen LogP contribution in [-0.2, 0) is 14.4 Å². The van der Waals surface area contributed by atoms with Crippen LogP contribution in [0.5, 0.6) is 0 Å². The maximum Gasteiger partial charge on any atom is 0.241 e. The summed E-state index contributed by atoms with van der Waals surface area (Å²) in [6.45, 7) is 1.96. The molecule has 0 unspecified atom stereocenters. The number of rotatable bonds is 5. The zero-order valence-electron chi connectivity index (χ0n) is 16.3. The number of nitrogens with zero attached hydrogens (tertiary/aromatic N) is 2. The third-order valence-corrected chi connectivity index (χ3v) is 5.29. The highest BCUT2D eigenvalue weighted by Gasteiger charge is 2.30. The minimum Gasteiger partial charge on any atom is -0.324 e. The number of amides is 3. The standard InChI is InChI=1S/C21H23BrN4O3/c1-14-11-19(27)24-17-9-5-6-10-18(17)26(14)21(29)13-25(2)12-20(28)23-16-8-4-3-7-15(16)22/h3-10,14H,11-13H2,1-2H3,(H,23,28)(H,24,27)/t14-/m1/s1. The second kappa shape index (κ2) is 9.19. The molecule has 0 saturated carbocycles. The Morgan fingerprint density at radius 2 is 1.86 bits per heavy atom. The summed E-state index contributed by atoms with van der Waals surface area (Å²) in [5, 5.41) is 5.67. The lowest BCUT2D eigenvalue weighted by atomic mass is 10.1. The molecule has 0 bridgehead atoms. The van der Waals surface area contributed by atoms with Gasteiger partial charge in [-0.15, -0.1) is 0 Å². The van der Waals surface area contributed by atoms with Gasteiger partial charge < -0.3 is 15.5 Å². The molecule has 1 atom stereocenters. The average Bonchev–Trinajstić information content (AvgIpc) is 2.77. The van der Waals surface area contributed by atoms with Crippen molar-refractivity contribution in [2.24, 2.45) is 0 Å². The van der Waals surface area contributed by atoms with Gasteiger partial charge in [0.25, 0.3) is 0 Å². The van der Waals surface area contributed by atoms with Gasteiger partial charge in [0.05, 0.1) is 30.2 Å². The highest BCUT2D eigenvalue weighted by atomic mass is 79.9. The SMILES string of the molecule is C[C@@H]1CC(=O)Nc2ccccc2N1C(=O)CN(C)CC(=O)Nc1ccccc1Br. The van der Waals surface area contributed by atoms with Crippen molar-refractivity contribution in [3.05, 3.63) is 53.0 Å². The highest BCUT2D eigenvalue weighted by Crippen LogP contribution is 2.31. The van der Waals surface area contributed by atoms with Crippen LogP contribution in [0.4, 0.5) is 17.1 Å². The molecule has 1 aliphatic rings. The molecule has 0 aromatic heterocycles. The Morgan fingerprint density at radius 1 is 1.17 bits per heavy atom. The number of fused-ring (bicyclic) bond motifs is 1. The largest absolute Gasteiger partial charge is 0.324 e. The predicted molar refractivity (Wildman–Crippen MR) is 117 cm³/mol. The van der Waals surface area contributed by atoms with E-state index in [4.69, 9.17) is 0 Å². The van der Waals surface area contributed by atoms with Crippen molar-refractivity contribution in [1.82, 2.24) is 4.90 Å². The first kappa shape index (κ1) is 21.0. The molecule has 1 aliphatic heterocycles. The molecule has 0 aliphatic carbocycles. The van der Waals surface area contributed by atoms with Gasteiger partial charge in [-0.05, 0) is 54.2 Å². The second-order valence-corrected chi connectivity index (χ2v) is 7.94. The Kier molecular flexibility index (Phi) is 6.66. The zero-order chi connectivity index (χ0) is 21.0. The van der Waals surface area contributed by atoms with Crippen LogP contribution in [0.2, 0.25) is 0 Å². The second-order valence-electron chi connectivity index (χ2n) is 7.08. The summed E-state index contributed by atoms with van der Waals surface area (Å²) in [4.78, 5) is 40.7. The fraction of sp³-hybridized carbons (Fsp3) is 0.286. The number of benzene rings is 2. The van der Waals surface area contributed by atoms with Crippen molar-refractivity contribution in [2.75, 3.05) is 35.7 Å².